The predicted octanol–water partition coefficient (Wildman–Crippen LogP) is 2.10. The Morgan fingerprint density at radius 3 is 2.96 bits per heavy atom. The van der Waals surface area contributed by atoms with Crippen LogP contribution in [0.4, 0.5) is 5.69 Å². The van der Waals surface area contributed by atoms with Crippen LogP contribution in [-0.4, -0.2) is 36.3 Å². The summed E-state index contributed by atoms with van der Waals surface area (Å²) in [6.07, 6.45) is 3.23. The van der Waals surface area contributed by atoms with Crippen LogP contribution >= 0.6 is 0 Å². The van der Waals surface area contributed by atoms with E-state index in [1.54, 1.807) is 23.0 Å². The summed E-state index contributed by atoms with van der Waals surface area (Å²) in [5.41, 5.74) is 3.77. The molecule has 0 aliphatic heterocycles. The first-order chi connectivity index (χ1) is 11.7. The van der Waals surface area contributed by atoms with Gasteiger partial charge in [-0.15, -0.1) is 5.10 Å². The van der Waals surface area contributed by atoms with Gasteiger partial charge in [0.15, 0.2) is 0 Å². The Morgan fingerprint density at radius 2 is 2.17 bits per heavy atom. The van der Waals surface area contributed by atoms with Crippen LogP contribution in [-0.2, 0) is 0 Å². The zero-order valence-electron chi connectivity index (χ0n) is 12.8. The average molecular weight is 319 g/mol. The number of rotatable bonds is 3. The van der Waals surface area contributed by atoms with E-state index in [0.717, 1.165) is 22.2 Å². The molecule has 2 heterocycles. The van der Waals surface area contributed by atoms with Crippen molar-refractivity contribution in [1.29, 1.82) is 0 Å². The maximum Gasteiger partial charge on any atom is 0.255 e. The van der Waals surface area contributed by atoms with Crippen LogP contribution in [0.15, 0.2) is 48.9 Å². The minimum atomic E-state index is -0.191. The van der Waals surface area contributed by atoms with E-state index in [1.807, 2.05) is 31.2 Å². The molecule has 0 radical (unpaired) electrons. The third kappa shape index (κ3) is 2.39. The van der Waals surface area contributed by atoms with Crippen molar-refractivity contribution in [2.24, 2.45) is 0 Å². The van der Waals surface area contributed by atoms with Crippen LogP contribution < -0.4 is 5.32 Å². The molecule has 2 aromatic heterocycles. The normalized spacial score (nSPS) is 10.9. The van der Waals surface area contributed by atoms with Gasteiger partial charge in [0.1, 0.15) is 6.33 Å². The fourth-order valence-corrected chi connectivity index (χ4v) is 2.59. The summed E-state index contributed by atoms with van der Waals surface area (Å²) < 4.78 is 1.56. The van der Waals surface area contributed by atoms with Crippen molar-refractivity contribution in [3.63, 3.8) is 0 Å². The number of H-pyrrole nitrogens is 1. The molecule has 0 fully saturated rings. The van der Waals surface area contributed by atoms with Gasteiger partial charge in [-0.2, -0.15) is 5.10 Å². The Hall–Kier alpha value is -3.55. The standard InChI is InChI=1S/C16H13N7O/c1-10-7-11(5-6-14(10)23-9-18-21-22-23)16(24)19-13-4-2-3-12-8-17-20-15(12)13/h2-9H,1H3,(H,17,20)(H,19,24). The Balaban J connectivity index is 1.63. The van der Waals surface area contributed by atoms with E-state index in [2.05, 4.69) is 31.0 Å². The van der Waals surface area contributed by atoms with Gasteiger partial charge in [-0.25, -0.2) is 4.68 Å². The number of anilines is 1. The van der Waals surface area contributed by atoms with Crippen LogP contribution in [0.1, 0.15) is 15.9 Å². The second-order valence-electron chi connectivity index (χ2n) is 5.35. The predicted molar refractivity (Wildman–Crippen MR) is 87.9 cm³/mol. The Labute approximate surface area is 136 Å². The van der Waals surface area contributed by atoms with Gasteiger partial charge in [-0.3, -0.25) is 9.89 Å². The molecule has 0 spiro atoms. The van der Waals surface area contributed by atoms with Gasteiger partial charge < -0.3 is 5.32 Å². The first-order valence-corrected chi connectivity index (χ1v) is 7.30. The Morgan fingerprint density at radius 1 is 1.25 bits per heavy atom. The number of para-hydroxylation sites is 1. The number of hydrogen-bond donors (Lipinski definition) is 2. The molecule has 0 saturated heterocycles. The molecule has 118 valence electrons. The van der Waals surface area contributed by atoms with E-state index in [1.165, 1.54) is 6.33 Å². The number of carbonyl (C=O) groups excluding carboxylic acids is 1. The van der Waals surface area contributed by atoms with Crippen molar-refractivity contribution in [2.75, 3.05) is 5.32 Å². The summed E-state index contributed by atoms with van der Waals surface area (Å²) in [6.45, 7) is 1.91. The quantitative estimate of drug-likeness (QED) is 0.602. The van der Waals surface area contributed by atoms with Crippen molar-refractivity contribution in [1.82, 2.24) is 30.4 Å². The molecule has 0 unspecified atom stereocenters. The number of aromatic nitrogens is 6. The molecular formula is C16H13N7O. The molecule has 8 heteroatoms. The third-order valence-electron chi connectivity index (χ3n) is 3.78. The summed E-state index contributed by atoms with van der Waals surface area (Å²) in [7, 11) is 0. The maximum absolute atomic E-state index is 12.5. The Kier molecular flexibility index (Phi) is 3.27. The topological polar surface area (TPSA) is 101 Å². The second-order valence-corrected chi connectivity index (χ2v) is 5.35. The van der Waals surface area contributed by atoms with Crippen LogP contribution in [0.2, 0.25) is 0 Å². The highest BCUT2D eigenvalue weighted by molar-refractivity contribution is 6.08. The zero-order chi connectivity index (χ0) is 16.5. The molecule has 4 aromatic rings. The van der Waals surface area contributed by atoms with E-state index >= 15 is 0 Å². The lowest BCUT2D eigenvalue weighted by Crippen LogP contribution is -2.13. The number of nitrogens with one attached hydrogen (secondary N) is 2. The summed E-state index contributed by atoms with van der Waals surface area (Å²) in [4.78, 5) is 12.5. The molecular weight excluding hydrogens is 306 g/mol. The lowest BCUT2D eigenvalue weighted by molar-refractivity contribution is 0.102. The molecule has 0 saturated carbocycles. The highest BCUT2D eigenvalue weighted by Crippen LogP contribution is 2.22. The Bertz CT molecular complexity index is 1020. The van der Waals surface area contributed by atoms with E-state index in [9.17, 15) is 4.79 Å². The number of tetrazole rings is 1. The van der Waals surface area contributed by atoms with Crippen molar-refractivity contribution < 1.29 is 4.79 Å². The molecule has 2 aromatic carbocycles. The molecule has 0 atom stereocenters. The number of hydrogen-bond acceptors (Lipinski definition) is 5. The molecule has 8 nitrogen and oxygen atoms in total. The van der Waals surface area contributed by atoms with Crippen LogP contribution in [0.3, 0.4) is 0 Å². The van der Waals surface area contributed by atoms with Crippen molar-refractivity contribution in [3.05, 3.63) is 60.0 Å². The van der Waals surface area contributed by atoms with Crippen molar-refractivity contribution >= 4 is 22.5 Å². The number of fused-ring (bicyclic) bond motifs is 1. The number of aryl methyl sites for hydroxylation is 1. The first-order valence-electron chi connectivity index (χ1n) is 7.30. The van der Waals surface area contributed by atoms with Gasteiger partial charge in [-0.05, 0) is 47.2 Å². The van der Waals surface area contributed by atoms with Crippen LogP contribution in [0.5, 0.6) is 0 Å². The lowest BCUT2D eigenvalue weighted by atomic mass is 10.1. The molecule has 0 aliphatic carbocycles. The SMILES string of the molecule is Cc1cc(C(=O)Nc2cccc3cn[nH]c23)ccc1-n1cnnn1. The largest absolute Gasteiger partial charge is 0.320 e. The monoisotopic (exact) mass is 319 g/mol. The van der Waals surface area contributed by atoms with Crippen LogP contribution in [0, 0.1) is 6.92 Å². The lowest BCUT2D eigenvalue weighted by Gasteiger charge is -2.09. The minimum absolute atomic E-state index is 0.191. The number of nitrogens with zero attached hydrogens (tertiary/aromatic N) is 5. The summed E-state index contributed by atoms with van der Waals surface area (Å²) >= 11 is 0. The minimum Gasteiger partial charge on any atom is -0.320 e. The fourth-order valence-electron chi connectivity index (χ4n) is 2.59. The number of amides is 1. The molecule has 4 rings (SSSR count). The highest BCUT2D eigenvalue weighted by Gasteiger charge is 2.11. The molecule has 0 bridgehead atoms. The summed E-state index contributed by atoms with van der Waals surface area (Å²) in [5, 5.41) is 21.8. The summed E-state index contributed by atoms with van der Waals surface area (Å²) in [6, 6.07) is 11.0. The van der Waals surface area contributed by atoms with Gasteiger partial charge in [0, 0.05) is 10.9 Å². The first kappa shape index (κ1) is 14.1. The number of carbonyl (C=O) groups is 1. The van der Waals surface area contributed by atoms with Gasteiger partial charge in [0.25, 0.3) is 5.91 Å². The van der Waals surface area contributed by atoms with E-state index in [4.69, 9.17) is 0 Å². The fraction of sp³-hybridized carbons (Fsp3) is 0.0625. The smallest absolute Gasteiger partial charge is 0.255 e. The molecule has 2 N–H and O–H groups in total. The third-order valence-corrected chi connectivity index (χ3v) is 3.78. The van der Waals surface area contributed by atoms with Gasteiger partial charge in [0.05, 0.1) is 23.1 Å². The van der Waals surface area contributed by atoms with Gasteiger partial charge in [-0.1, -0.05) is 12.1 Å². The molecule has 1 amide bonds. The highest BCUT2D eigenvalue weighted by atomic mass is 16.1. The maximum atomic E-state index is 12.5. The van der Waals surface area contributed by atoms with E-state index in [0.29, 0.717) is 11.3 Å². The van der Waals surface area contributed by atoms with Gasteiger partial charge in [0.2, 0.25) is 0 Å². The zero-order valence-corrected chi connectivity index (χ0v) is 12.8. The van der Waals surface area contributed by atoms with Crippen molar-refractivity contribution in [3.8, 4) is 5.69 Å². The second kappa shape index (κ2) is 5.58. The van der Waals surface area contributed by atoms with Gasteiger partial charge >= 0.3 is 0 Å². The average Bonchev–Trinajstić information content (AvgIpc) is 3.26. The molecule has 24 heavy (non-hydrogen) atoms. The van der Waals surface area contributed by atoms with E-state index in [-0.39, 0.29) is 5.91 Å². The summed E-state index contributed by atoms with van der Waals surface area (Å²) in [5.74, 6) is -0.191. The van der Waals surface area contributed by atoms with E-state index < -0.39 is 0 Å². The van der Waals surface area contributed by atoms with Crippen LogP contribution in [0.25, 0.3) is 16.6 Å². The number of benzene rings is 2. The van der Waals surface area contributed by atoms with Crippen molar-refractivity contribution in [2.45, 2.75) is 6.92 Å². The number of aromatic amines is 1. The molecule has 0 aliphatic rings.